The lowest BCUT2D eigenvalue weighted by Gasteiger charge is -2.29. The van der Waals surface area contributed by atoms with Crippen LogP contribution >= 0.6 is 0 Å². The van der Waals surface area contributed by atoms with Crippen molar-refractivity contribution < 1.29 is 4.74 Å². The SMILES string of the molecule is CCN1COc2c(C)cc(C)cc2C1. The van der Waals surface area contributed by atoms with Gasteiger partial charge in [-0.25, -0.2) is 0 Å². The van der Waals surface area contributed by atoms with Crippen molar-refractivity contribution in [3.8, 4) is 5.75 Å². The van der Waals surface area contributed by atoms with Gasteiger partial charge in [-0.15, -0.1) is 0 Å². The van der Waals surface area contributed by atoms with Crippen LogP contribution in [0.25, 0.3) is 0 Å². The zero-order valence-electron chi connectivity index (χ0n) is 9.13. The van der Waals surface area contributed by atoms with Gasteiger partial charge in [0.05, 0.1) is 0 Å². The minimum absolute atomic E-state index is 0.730. The summed E-state index contributed by atoms with van der Waals surface area (Å²) < 4.78 is 5.74. The maximum Gasteiger partial charge on any atom is 0.142 e. The molecular formula is C12H17NO. The van der Waals surface area contributed by atoms with E-state index in [4.69, 9.17) is 4.74 Å². The Morgan fingerprint density at radius 1 is 1.36 bits per heavy atom. The van der Waals surface area contributed by atoms with Gasteiger partial charge in [0.15, 0.2) is 0 Å². The van der Waals surface area contributed by atoms with Crippen LogP contribution in [0, 0.1) is 13.8 Å². The molecule has 14 heavy (non-hydrogen) atoms. The highest BCUT2D eigenvalue weighted by Gasteiger charge is 2.17. The molecule has 1 heterocycles. The van der Waals surface area contributed by atoms with Crippen LogP contribution in [0.3, 0.4) is 0 Å². The highest BCUT2D eigenvalue weighted by atomic mass is 16.5. The molecule has 0 fully saturated rings. The van der Waals surface area contributed by atoms with Crippen molar-refractivity contribution in [2.45, 2.75) is 27.3 Å². The van der Waals surface area contributed by atoms with Gasteiger partial charge in [0.1, 0.15) is 12.5 Å². The summed E-state index contributed by atoms with van der Waals surface area (Å²) in [5.41, 5.74) is 3.91. The first-order valence-corrected chi connectivity index (χ1v) is 5.16. The third kappa shape index (κ3) is 1.62. The molecule has 0 atom stereocenters. The lowest BCUT2D eigenvalue weighted by Crippen LogP contribution is -2.32. The van der Waals surface area contributed by atoms with Gasteiger partial charge in [0, 0.05) is 12.1 Å². The van der Waals surface area contributed by atoms with E-state index in [1.165, 1.54) is 16.7 Å². The van der Waals surface area contributed by atoms with Crippen LogP contribution in [0.2, 0.25) is 0 Å². The second kappa shape index (κ2) is 3.62. The summed E-state index contributed by atoms with van der Waals surface area (Å²) in [6, 6.07) is 4.41. The summed E-state index contributed by atoms with van der Waals surface area (Å²) in [6.07, 6.45) is 0. The summed E-state index contributed by atoms with van der Waals surface area (Å²) in [4.78, 5) is 2.29. The van der Waals surface area contributed by atoms with E-state index in [1.807, 2.05) is 0 Å². The molecule has 0 spiro atoms. The predicted octanol–water partition coefficient (Wildman–Crippen LogP) is 2.48. The molecule has 0 bridgehead atoms. The lowest BCUT2D eigenvalue weighted by molar-refractivity contribution is 0.100. The van der Waals surface area contributed by atoms with Gasteiger partial charge in [0.2, 0.25) is 0 Å². The summed E-state index contributed by atoms with van der Waals surface area (Å²) in [7, 11) is 0. The molecule has 1 aromatic carbocycles. The molecule has 0 aromatic heterocycles. The maximum absolute atomic E-state index is 5.74. The first kappa shape index (κ1) is 9.53. The highest BCUT2D eigenvalue weighted by molar-refractivity contribution is 5.44. The Labute approximate surface area is 85.5 Å². The van der Waals surface area contributed by atoms with Crippen LogP contribution in [0.1, 0.15) is 23.6 Å². The Balaban J connectivity index is 2.37. The number of rotatable bonds is 1. The number of aryl methyl sites for hydroxylation is 2. The van der Waals surface area contributed by atoms with Crippen molar-refractivity contribution in [2.75, 3.05) is 13.3 Å². The van der Waals surface area contributed by atoms with Gasteiger partial charge in [0.25, 0.3) is 0 Å². The summed E-state index contributed by atoms with van der Waals surface area (Å²) >= 11 is 0. The van der Waals surface area contributed by atoms with Gasteiger partial charge in [-0.05, 0) is 26.0 Å². The average molecular weight is 191 g/mol. The number of benzene rings is 1. The van der Waals surface area contributed by atoms with Gasteiger partial charge in [-0.2, -0.15) is 0 Å². The van der Waals surface area contributed by atoms with Gasteiger partial charge < -0.3 is 4.74 Å². The monoisotopic (exact) mass is 191 g/mol. The summed E-state index contributed by atoms with van der Waals surface area (Å²) in [5, 5.41) is 0. The Bertz CT molecular complexity index is 346. The second-order valence-corrected chi connectivity index (χ2v) is 3.99. The Kier molecular flexibility index (Phi) is 2.46. The Morgan fingerprint density at radius 2 is 2.14 bits per heavy atom. The molecule has 76 valence electrons. The molecule has 0 saturated heterocycles. The third-order valence-electron chi connectivity index (χ3n) is 2.73. The van der Waals surface area contributed by atoms with E-state index in [1.54, 1.807) is 0 Å². The van der Waals surface area contributed by atoms with E-state index in [2.05, 4.69) is 37.8 Å². The van der Waals surface area contributed by atoms with Gasteiger partial charge >= 0.3 is 0 Å². The molecular weight excluding hydrogens is 174 g/mol. The average Bonchev–Trinajstić information content (AvgIpc) is 2.16. The van der Waals surface area contributed by atoms with E-state index in [9.17, 15) is 0 Å². The van der Waals surface area contributed by atoms with Crippen LogP contribution in [0.15, 0.2) is 12.1 Å². The number of hydrogen-bond acceptors (Lipinski definition) is 2. The van der Waals surface area contributed by atoms with E-state index in [0.717, 1.165) is 25.6 Å². The molecule has 2 rings (SSSR count). The van der Waals surface area contributed by atoms with Crippen molar-refractivity contribution >= 4 is 0 Å². The summed E-state index contributed by atoms with van der Waals surface area (Å²) in [5.74, 6) is 1.10. The van der Waals surface area contributed by atoms with Crippen LogP contribution in [-0.4, -0.2) is 18.2 Å². The number of ether oxygens (including phenoxy) is 1. The molecule has 0 saturated carbocycles. The topological polar surface area (TPSA) is 12.5 Å². The first-order valence-electron chi connectivity index (χ1n) is 5.16. The van der Waals surface area contributed by atoms with Crippen molar-refractivity contribution in [1.29, 1.82) is 0 Å². The molecule has 2 nitrogen and oxygen atoms in total. The molecule has 1 aliphatic rings. The molecule has 0 amide bonds. The standard InChI is InChI=1S/C12H17NO/c1-4-13-7-11-6-9(2)5-10(3)12(11)14-8-13/h5-6H,4,7-8H2,1-3H3. The third-order valence-corrected chi connectivity index (χ3v) is 2.73. The van der Waals surface area contributed by atoms with Crippen LogP contribution < -0.4 is 4.74 Å². The molecule has 0 aliphatic carbocycles. The zero-order valence-corrected chi connectivity index (χ0v) is 9.13. The van der Waals surface area contributed by atoms with Crippen molar-refractivity contribution in [3.05, 3.63) is 28.8 Å². The fourth-order valence-electron chi connectivity index (χ4n) is 2.01. The van der Waals surface area contributed by atoms with Gasteiger partial charge in [-0.1, -0.05) is 24.6 Å². The van der Waals surface area contributed by atoms with Crippen molar-refractivity contribution in [1.82, 2.24) is 4.90 Å². The number of nitrogens with zero attached hydrogens (tertiary/aromatic N) is 1. The molecule has 0 unspecified atom stereocenters. The Morgan fingerprint density at radius 3 is 2.86 bits per heavy atom. The van der Waals surface area contributed by atoms with Crippen LogP contribution in [0.4, 0.5) is 0 Å². The van der Waals surface area contributed by atoms with Crippen molar-refractivity contribution in [2.24, 2.45) is 0 Å². The fraction of sp³-hybridized carbons (Fsp3) is 0.500. The summed E-state index contributed by atoms with van der Waals surface area (Å²) in [6.45, 7) is 9.22. The number of hydrogen-bond donors (Lipinski definition) is 0. The predicted molar refractivity (Wildman–Crippen MR) is 57.5 cm³/mol. The van der Waals surface area contributed by atoms with Crippen LogP contribution in [-0.2, 0) is 6.54 Å². The number of fused-ring (bicyclic) bond motifs is 1. The molecule has 0 N–H and O–H groups in total. The second-order valence-electron chi connectivity index (χ2n) is 3.99. The van der Waals surface area contributed by atoms with E-state index >= 15 is 0 Å². The van der Waals surface area contributed by atoms with Gasteiger partial charge in [-0.3, -0.25) is 4.90 Å². The minimum atomic E-state index is 0.730. The molecule has 1 aliphatic heterocycles. The van der Waals surface area contributed by atoms with E-state index < -0.39 is 0 Å². The molecule has 0 radical (unpaired) electrons. The fourth-order valence-corrected chi connectivity index (χ4v) is 2.01. The van der Waals surface area contributed by atoms with E-state index in [0.29, 0.717) is 0 Å². The largest absolute Gasteiger partial charge is 0.478 e. The highest BCUT2D eigenvalue weighted by Crippen LogP contribution is 2.29. The van der Waals surface area contributed by atoms with Crippen LogP contribution in [0.5, 0.6) is 5.75 Å². The molecule has 1 aromatic rings. The lowest BCUT2D eigenvalue weighted by atomic mass is 10.0. The van der Waals surface area contributed by atoms with E-state index in [-0.39, 0.29) is 0 Å². The Hall–Kier alpha value is -1.02. The quantitative estimate of drug-likeness (QED) is 0.676. The maximum atomic E-state index is 5.74. The molecule has 2 heteroatoms. The smallest absolute Gasteiger partial charge is 0.142 e. The van der Waals surface area contributed by atoms with Crippen molar-refractivity contribution in [3.63, 3.8) is 0 Å². The minimum Gasteiger partial charge on any atom is -0.478 e. The first-order chi connectivity index (χ1) is 6.70. The zero-order chi connectivity index (χ0) is 10.1. The normalized spacial score (nSPS) is 16.2.